The van der Waals surface area contributed by atoms with Crippen molar-refractivity contribution in [2.75, 3.05) is 4.90 Å². The van der Waals surface area contributed by atoms with E-state index in [-0.39, 0.29) is 5.91 Å². The lowest BCUT2D eigenvalue weighted by Crippen LogP contribution is -2.22. The van der Waals surface area contributed by atoms with Crippen LogP contribution in [-0.2, 0) is 11.4 Å². The number of carbonyl (C=O) groups is 1. The van der Waals surface area contributed by atoms with Crippen molar-refractivity contribution in [3.05, 3.63) is 70.1 Å². The molecule has 3 rings (SSSR count). The van der Waals surface area contributed by atoms with E-state index in [2.05, 4.69) is 20.9 Å². The second kappa shape index (κ2) is 7.59. The molecule has 0 bridgehead atoms. The highest BCUT2D eigenvalue weighted by Crippen LogP contribution is 2.30. The van der Waals surface area contributed by atoms with Crippen molar-refractivity contribution >= 4 is 44.0 Å². The van der Waals surface area contributed by atoms with Crippen LogP contribution in [0.15, 0.2) is 64.5 Å². The molecule has 1 aromatic heterocycles. The van der Waals surface area contributed by atoms with E-state index in [0.29, 0.717) is 11.7 Å². The van der Waals surface area contributed by atoms with Crippen LogP contribution in [0.1, 0.15) is 12.6 Å². The minimum absolute atomic E-state index is 0.0752. The van der Waals surface area contributed by atoms with E-state index in [1.54, 1.807) is 4.90 Å². The Morgan fingerprint density at radius 1 is 1.17 bits per heavy atom. The van der Waals surface area contributed by atoms with Crippen LogP contribution in [-0.4, -0.2) is 10.9 Å². The molecule has 0 saturated heterocycles. The average molecular weight is 403 g/mol. The Kier molecular flexibility index (Phi) is 5.27. The lowest BCUT2D eigenvalue weighted by molar-refractivity contribution is -0.115. The lowest BCUT2D eigenvalue weighted by Gasteiger charge is -2.17. The molecule has 1 heterocycles. The van der Waals surface area contributed by atoms with Crippen LogP contribution in [0.4, 0.5) is 10.8 Å². The molecule has 0 aliphatic rings. The summed E-state index contributed by atoms with van der Waals surface area (Å²) in [5, 5.41) is 2.55. The van der Waals surface area contributed by atoms with Gasteiger partial charge in [-0.25, -0.2) is 4.98 Å². The largest absolute Gasteiger partial charge is 0.486 e. The molecule has 1 amide bonds. The van der Waals surface area contributed by atoms with Gasteiger partial charge in [-0.15, -0.1) is 11.3 Å². The summed E-state index contributed by atoms with van der Waals surface area (Å²) in [6.07, 6.45) is 0. The minimum Gasteiger partial charge on any atom is -0.486 e. The maximum atomic E-state index is 12.0. The standard InChI is InChI=1S/C18H15BrN2O2S/c1-13(22)21(15-7-3-2-4-8-15)18-20-14(12-24-18)11-23-17-10-6-5-9-16(17)19/h2-10,12H,11H2,1H3. The summed E-state index contributed by atoms with van der Waals surface area (Å²) in [6.45, 7) is 1.88. The van der Waals surface area contributed by atoms with Crippen LogP contribution in [0.5, 0.6) is 5.75 Å². The van der Waals surface area contributed by atoms with E-state index in [1.807, 2.05) is 60.0 Å². The van der Waals surface area contributed by atoms with Crippen molar-refractivity contribution < 1.29 is 9.53 Å². The number of hydrogen-bond acceptors (Lipinski definition) is 4. The summed E-state index contributed by atoms with van der Waals surface area (Å²) in [5.74, 6) is 0.687. The van der Waals surface area contributed by atoms with E-state index < -0.39 is 0 Å². The Bertz CT molecular complexity index is 836. The molecule has 2 aromatic carbocycles. The molecule has 0 atom stereocenters. The monoisotopic (exact) mass is 402 g/mol. The van der Waals surface area contributed by atoms with Crippen molar-refractivity contribution in [1.29, 1.82) is 0 Å². The smallest absolute Gasteiger partial charge is 0.230 e. The topological polar surface area (TPSA) is 42.4 Å². The van der Waals surface area contributed by atoms with Crippen LogP contribution in [0.25, 0.3) is 0 Å². The number of benzene rings is 2. The number of nitrogens with zero attached hydrogens (tertiary/aromatic N) is 2. The first kappa shape index (κ1) is 16.7. The summed E-state index contributed by atoms with van der Waals surface area (Å²) in [4.78, 5) is 18.2. The molecule has 0 spiro atoms. The number of aromatic nitrogens is 1. The summed E-state index contributed by atoms with van der Waals surface area (Å²) < 4.78 is 6.67. The van der Waals surface area contributed by atoms with Crippen LogP contribution >= 0.6 is 27.3 Å². The molecule has 0 fully saturated rings. The van der Waals surface area contributed by atoms with Gasteiger partial charge in [0.15, 0.2) is 5.13 Å². The predicted octanol–water partition coefficient (Wildman–Crippen LogP) is 5.17. The predicted molar refractivity (Wildman–Crippen MR) is 99.9 cm³/mol. The number of halogens is 1. The highest BCUT2D eigenvalue weighted by molar-refractivity contribution is 9.10. The van der Waals surface area contributed by atoms with Crippen molar-refractivity contribution in [3.63, 3.8) is 0 Å². The van der Waals surface area contributed by atoms with E-state index >= 15 is 0 Å². The molecular weight excluding hydrogens is 388 g/mol. The van der Waals surface area contributed by atoms with Gasteiger partial charge in [0.05, 0.1) is 15.9 Å². The fourth-order valence-electron chi connectivity index (χ4n) is 2.18. The van der Waals surface area contributed by atoms with Crippen molar-refractivity contribution in [3.8, 4) is 5.75 Å². The van der Waals surface area contributed by atoms with Crippen molar-refractivity contribution in [2.24, 2.45) is 0 Å². The molecule has 0 unspecified atom stereocenters. The van der Waals surface area contributed by atoms with Crippen LogP contribution in [0, 0.1) is 0 Å². The highest BCUT2D eigenvalue weighted by Gasteiger charge is 2.17. The SMILES string of the molecule is CC(=O)N(c1ccccc1)c1nc(COc2ccccc2Br)cs1. The first-order valence-corrected chi connectivity index (χ1v) is 9.00. The number of ether oxygens (including phenoxy) is 1. The van der Waals surface area contributed by atoms with Gasteiger partial charge in [-0.3, -0.25) is 9.69 Å². The fourth-order valence-corrected chi connectivity index (χ4v) is 3.45. The van der Waals surface area contributed by atoms with Crippen LogP contribution in [0.3, 0.4) is 0 Å². The Morgan fingerprint density at radius 2 is 1.88 bits per heavy atom. The van der Waals surface area contributed by atoms with Gasteiger partial charge in [0.25, 0.3) is 0 Å². The Balaban J connectivity index is 1.77. The number of rotatable bonds is 5. The molecule has 0 radical (unpaired) electrons. The van der Waals surface area contributed by atoms with E-state index in [4.69, 9.17) is 4.74 Å². The van der Waals surface area contributed by atoms with Gasteiger partial charge < -0.3 is 4.74 Å². The second-order valence-electron chi connectivity index (χ2n) is 5.03. The minimum atomic E-state index is -0.0752. The maximum Gasteiger partial charge on any atom is 0.230 e. The average Bonchev–Trinajstić information content (AvgIpc) is 3.03. The Morgan fingerprint density at radius 3 is 2.58 bits per heavy atom. The molecule has 3 aromatic rings. The van der Waals surface area contributed by atoms with Gasteiger partial charge in [-0.1, -0.05) is 30.3 Å². The van der Waals surface area contributed by atoms with Gasteiger partial charge in [0.1, 0.15) is 12.4 Å². The van der Waals surface area contributed by atoms with Gasteiger partial charge in [0, 0.05) is 12.3 Å². The molecular formula is C18H15BrN2O2S. The van der Waals surface area contributed by atoms with Crippen LogP contribution in [0.2, 0.25) is 0 Å². The first-order valence-electron chi connectivity index (χ1n) is 7.32. The summed E-state index contributed by atoms with van der Waals surface area (Å²) >= 11 is 4.87. The van der Waals surface area contributed by atoms with Crippen molar-refractivity contribution in [2.45, 2.75) is 13.5 Å². The number of hydrogen-bond donors (Lipinski definition) is 0. The molecule has 0 aliphatic carbocycles. The zero-order valence-corrected chi connectivity index (χ0v) is 15.4. The normalized spacial score (nSPS) is 10.4. The highest BCUT2D eigenvalue weighted by atomic mass is 79.9. The van der Waals surface area contributed by atoms with Gasteiger partial charge in [-0.05, 0) is 40.2 Å². The fraction of sp³-hybridized carbons (Fsp3) is 0.111. The Labute approximate surface area is 152 Å². The first-order chi connectivity index (χ1) is 11.6. The zero-order chi connectivity index (χ0) is 16.9. The molecule has 4 nitrogen and oxygen atoms in total. The zero-order valence-electron chi connectivity index (χ0n) is 13.0. The third-order valence-electron chi connectivity index (χ3n) is 3.27. The maximum absolute atomic E-state index is 12.0. The van der Waals surface area contributed by atoms with Gasteiger partial charge in [0.2, 0.25) is 5.91 Å². The van der Waals surface area contributed by atoms with Gasteiger partial charge in [-0.2, -0.15) is 0 Å². The van der Waals surface area contributed by atoms with E-state index in [0.717, 1.165) is 21.6 Å². The van der Waals surface area contributed by atoms with Crippen molar-refractivity contribution in [1.82, 2.24) is 4.98 Å². The van der Waals surface area contributed by atoms with Gasteiger partial charge >= 0.3 is 0 Å². The molecule has 0 N–H and O–H groups in total. The lowest BCUT2D eigenvalue weighted by atomic mass is 10.3. The summed E-state index contributed by atoms with van der Waals surface area (Å²) in [6, 6.07) is 17.2. The number of carbonyl (C=O) groups excluding carboxylic acids is 1. The summed E-state index contributed by atoms with van der Waals surface area (Å²) in [5.41, 5.74) is 1.59. The third-order valence-corrected chi connectivity index (χ3v) is 4.80. The molecule has 122 valence electrons. The molecule has 6 heteroatoms. The van der Waals surface area contributed by atoms with Crippen LogP contribution < -0.4 is 9.64 Å². The molecule has 24 heavy (non-hydrogen) atoms. The molecule has 0 aliphatic heterocycles. The number of thiazole rings is 1. The number of para-hydroxylation sites is 2. The molecule has 0 saturated carbocycles. The van der Waals surface area contributed by atoms with E-state index in [1.165, 1.54) is 18.3 Å². The second-order valence-corrected chi connectivity index (χ2v) is 6.72. The Hall–Kier alpha value is -2.18. The quantitative estimate of drug-likeness (QED) is 0.590. The summed E-state index contributed by atoms with van der Waals surface area (Å²) in [7, 11) is 0. The third kappa shape index (κ3) is 3.83. The van der Waals surface area contributed by atoms with E-state index in [9.17, 15) is 4.79 Å². The number of amides is 1. The number of anilines is 2.